The summed E-state index contributed by atoms with van der Waals surface area (Å²) in [6.07, 6.45) is -3.54. The Kier molecular flexibility index (Phi) is 5.00. The SMILES string of the molecule is CN1C(=O)N(C)C(=O)C2(Cc3cc(C(F)(F)F)ccc3N3CC[C@H](c4ccccc4)C[C@H]32)C1=O. The number of amides is 4. The molecule has 34 heavy (non-hydrogen) atoms. The van der Waals surface area contributed by atoms with E-state index in [0.717, 1.165) is 33.9 Å². The first-order valence-electron chi connectivity index (χ1n) is 11.2. The molecule has 5 rings (SSSR count). The van der Waals surface area contributed by atoms with E-state index in [1.54, 1.807) is 0 Å². The lowest BCUT2D eigenvalue weighted by Crippen LogP contribution is -2.72. The molecule has 3 aliphatic heterocycles. The number of fused-ring (bicyclic) bond motifs is 4. The third-order valence-electron chi connectivity index (χ3n) is 7.57. The Labute approximate surface area is 194 Å². The predicted octanol–water partition coefficient (Wildman–Crippen LogP) is 4.05. The predicted molar refractivity (Wildman–Crippen MR) is 118 cm³/mol. The van der Waals surface area contributed by atoms with Gasteiger partial charge in [0.1, 0.15) is 0 Å². The Morgan fingerprint density at radius 3 is 2.21 bits per heavy atom. The number of halogens is 3. The molecule has 4 amide bonds. The highest BCUT2D eigenvalue weighted by molar-refractivity contribution is 6.20. The molecule has 2 aromatic carbocycles. The van der Waals surface area contributed by atoms with Crippen molar-refractivity contribution in [1.82, 2.24) is 9.80 Å². The second-order valence-electron chi connectivity index (χ2n) is 9.34. The highest BCUT2D eigenvalue weighted by atomic mass is 19.4. The van der Waals surface area contributed by atoms with Crippen molar-refractivity contribution < 1.29 is 27.6 Å². The fraction of sp³-hybridized carbons (Fsp3) is 0.400. The van der Waals surface area contributed by atoms with Crippen molar-refractivity contribution in [3.05, 3.63) is 65.2 Å². The van der Waals surface area contributed by atoms with Crippen molar-refractivity contribution in [3.63, 3.8) is 0 Å². The Hall–Kier alpha value is -3.36. The number of carbonyl (C=O) groups excluding carboxylic acids is 3. The average Bonchev–Trinajstić information content (AvgIpc) is 2.84. The molecule has 2 aromatic rings. The minimum Gasteiger partial charge on any atom is -0.367 e. The minimum absolute atomic E-state index is 0.0733. The lowest BCUT2D eigenvalue weighted by atomic mass is 9.63. The van der Waals surface area contributed by atoms with E-state index >= 15 is 0 Å². The van der Waals surface area contributed by atoms with E-state index in [0.29, 0.717) is 24.2 Å². The topological polar surface area (TPSA) is 60.9 Å². The molecule has 6 nitrogen and oxygen atoms in total. The van der Waals surface area contributed by atoms with E-state index in [4.69, 9.17) is 0 Å². The second kappa shape index (κ2) is 7.58. The number of rotatable bonds is 1. The van der Waals surface area contributed by atoms with Crippen LogP contribution in [0, 0.1) is 5.41 Å². The van der Waals surface area contributed by atoms with Gasteiger partial charge in [0.15, 0.2) is 5.41 Å². The molecular formula is C25H24F3N3O3. The maximum absolute atomic E-state index is 13.7. The van der Waals surface area contributed by atoms with Crippen molar-refractivity contribution in [3.8, 4) is 0 Å². The standard InChI is InChI=1S/C25H24F3N3O3/c1-29-21(32)24(22(33)30(2)23(29)34)14-17-12-18(25(26,27)28)8-9-19(17)31-11-10-16(13-20(24)31)15-6-4-3-5-7-15/h3-9,12,16,20H,10-11,13-14H2,1-2H3/t16-,20-/m0/s1. The van der Waals surface area contributed by atoms with Gasteiger partial charge in [0.2, 0.25) is 11.8 Å². The largest absolute Gasteiger partial charge is 0.416 e. The van der Waals surface area contributed by atoms with Crippen LogP contribution in [0.4, 0.5) is 23.7 Å². The molecule has 0 N–H and O–H groups in total. The van der Waals surface area contributed by atoms with Crippen LogP contribution < -0.4 is 4.90 Å². The Morgan fingerprint density at radius 1 is 0.941 bits per heavy atom. The first kappa shape index (κ1) is 22.4. The summed E-state index contributed by atoms with van der Waals surface area (Å²) in [6, 6.07) is 12.0. The van der Waals surface area contributed by atoms with Gasteiger partial charge in [0, 0.05) is 26.3 Å². The zero-order chi connectivity index (χ0) is 24.4. The van der Waals surface area contributed by atoms with Gasteiger partial charge in [-0.25, -0.2) is 4.79 Å². The van der Waals surface area contributed by atoms with E-state index in [1.165, 1.54) is 20.2 Å². The van der Waals surface area contributed by atoms with Gasteiger partial charge in [-0.1, -0.05) is 30.3 Å². The van der Waals surface area contributed by atoms with Gasteiger partial charge in [-0.05, 0) is 54.5 Å². The van der Waals surface area contributed by atoms with Crippen molar-refractivity contribution >= 4 is 23.5 Å². The number of urea groups is 1. The fourth-order valence-corrected chi connectivity index (χ4v) is 5.88. The molecule has 9 heteroatoms. The van der Waals surface area contributed by atoms with E-state index < -0.39 is 41.0 Å². The highest BCUT2D eigenvalue weighted by Gasteiger charge is 2.64. The Balaban J connectivity index is 1.67. The molecule has 0 aromatic heterocycles. The highest BCUT2D eigenvalue weighted by Crippen LogP contribution is 2.51. The van der Waals surface area contributed by atoms with Gasteiger partial charge in [-0.2, -0.15) is 13.2 Å². The van der Waals surface area contributed by atoms with Gasteiger partial charge in [-0.15, -0.1) is 0 Å². The first-order chi connectivity index (χ1) is 16.1. The number of hydrogen-bond donors (Lipinski definition) is 0. The molecule has 178 valence electrons. The average molecular weight is 471 g/mol. The number of anilines is 1. The van der Waals surface area contributed by atoms with Crippen molar-refractivity contribution in [2.45, 2.75) is 37.4 Å². The Morgan fingerprint density at radius 2 is 1.59 bits per heavy atom. The third-order valence-corrected chi connectivity index (χ3v) is 7.57. The smallest absolute Gasteiger partial charge is 0.367 e. The Bertz CT molecular complexity index is 1160. The van der Waals surface area contributed by atoms with Crippen LogP contribution in [0.3, 0.4) is 0 Å². The number of nitrogens with zero attached hydrogens (tertiary/aromatic N) is 3. The normalized spacial score (nSPS) is 24.4. The van der Waals surface area contributed by atoms with Crippen molar-refractivity contribution in [1.29, 1.82) is 0 Å². The van der Waals surface area contributed by atoms with Crippen molar-refractivity contribution in [2.24, 2.45) is 5.41 Å². The monoisotopic (exact) mass is 471 g/mol. The van der Waals surface area contributed by atoms with Crippen LogP contribution in [0.5, 0.6) is 0 Å². The van der Waals surface area contributed by atoms with Gasteiger partial charge in [-0.3, -0.25) is 19.4 Å². The van der Waals surface area contributed by atoms with Gasteiger partial charge < -0.3 is 4.90 Å². The molecule has 1 spiro atoms. The van der Waals surface area contributed by atoms with Crippen molar-refractivity contribution in [2.75, 3.05) is 25.5 Å². The number of benzene rings is 2. The van der Waals surface area contributed by atoms with E-state index in [9.17, 15) is 27.6 Å². The first-order valence-corrected chi connectivity index (χ1v) is 11.2. The number of carbonyl (C=O) groups is 3. The van der Waals surface area contributed by atoms with Gasteiger partial charge >= 0.3 is 12.2 Å². The quantitative estimate of drug-likeness (QED) is 0.589. The molecule has 3 heterocycles. The molecular weight excluding hydrogens is 447 g/mol. The molecule has 2 atom stereocenters. The molecule has 0 bridgehead atoms. The summed E-state index contributed by atoms with van der Waals surface area (Å²) in [4.78, 5) is 43.6. The van der Waals surface area contributed by atoms with Gasteiger partial charge in [0.05, 0.1) is 11.6 Å². The van der Waals surface area contributed by atoms with Gasteiger partial charge in [0.25, 0.3) is 0 Å². The maximum atomic E-state index is 13.7. The van der Waals surface area contributed by atoms with E-state index in [2.05, 4.69) is 0 Å². The van der Waals surface area contributed by atoms with E-state index in [1.807, 2.05) is 35.2 Å². The molecule has 0 saturated carbocycles. The molecule has 3 aliphatic rings. The third kappa shape index (κ3) is 3.13. The number of alkyl halides is 3. The molecule has 2 saturated heterocycles. The summed E-state index contributed by atoms with van der Waals surface area (Å²) in [5, 5.41) is 0. The van der Waals surface area contributed by atoms with Crippen LogP contribution in [0.25, 0.3) is 0 Å². The minimum atomic E-state index is -4.55. The summed E-state index contributed by atoms with van der Waals surface area (Å²) in [6.45, 7) is 0.478. The van der Waals surface area contributed by atoms with Crippen LogP contribution in [0.1, 0.15) is 35.4 Å². The number of piperidine rings is 1. The van der Waals surface area contributed by atoms with Crippen LogP contribution in [-0.2, 0) is 22.2 Å². The number of imide groups is 2. The number of hydrogen-bond acceptors (Lipinski definition) is 4. The molecule has 0 radical (unpaired) electrons. The zero-order valence-electron chi connectivity index (χ0n) is 18.8. The lowest BCUT2D eigenvalue weighted by molar-refractivity contribution is -0.159. The van der Waals surface area contributed by atoms with E-state index in [-0.39, 0.29) is 12.3 Å². The summed E-state index contributed by atoms with van der Waals surface area (Å²) in [5.41, 5.74) is -0.515. The van der Waals surface area contributed by atoms with Crippen LogP contribution in [-0.4, -0.2) is 54.3 Å². The second-order valence-corrected chi connectivity index (χ2v) is 9.34. The molecule has 2 fully saturated rings. The van der Waals surface area contributed by atoms with Crippen LogP contribution in [0.15, 0.2) is 48.5 Å². The summed E-state index contributed by atoms with van der Waals surface area (Å²) in [7, 11) is 2.64. The molecule has 0 aliphatic carbocycles. The molecule has 0 unspecified atom stereocenters. The fourth-order valence-electron chi connectivity index (χ4n) is 5.88. The maximum Gasteiger partial charge on any atom is 0.416 e. The summed E-state index contributed by atoms with van der Waals surface area (Å²) >= 11 is 0. The van der Waals surface area contributed by atoms with Crippen LogP contribution >= 0.6 is 0 Å². The lowest BCUT2D eigenvalue weighted by Gasteiger charge is -2.55. The number of barbiturate groups is 1. The summed E-state index contributed by atoms with van der Waals surface area (Å²) < 4.78 is 40.5. The summed E-state index contributed by atoms with van der Waals surface area (Å²) in [5.74, 6) is -1.25. The zero-order valence-corrected chi connectivity index (χ0v) is 18.8. The van der Waals surface area contributed by atoms with Crippen LogP contribution in [0.2, 0.25) is 0 Å².